The van der Waals surface area contributed by atoms with Gasteiger partial charge in [0.25, 0.3) is 11.6 Å². The number of hydrogen-bond donors (Lipinski definition) is 1. The molecule has 1 unspecified atom stereocenters. The van der Waals surface area contributed by atoms with Crippen LogP contribution < -0.4 is 19.1 Å². The van der Waals surface area contributed by atoms with Crippen LogP contribution in [0.25, 0.3) is 0 Å². The highest BCUT2D eigenvalue weighted by molar-refractivity contribution is 7.92. The van der Waals surface area contributed by atoms with Gasteiger partial charge in [0.15, 0.2) is 6.10 Å². The third kappa shape index (κ3) is 4.09. The first-order valence-electron chi connectivity index (χ1n) is 8.66. The van der Waals surface area contributed by atoms with Gasteiger partial charge in [0.05, 0.1) is 35.7 Å². The molecule has 1 heterocycles. The molecule has 1 aliphatic rings. The zero-order valence-electron chi connectivity index (χ0n) is 15.7. The van der Waals surface area contributed by atoms with Gasteiger partial charge in [-0.3, -0.25) is 19.2 Å². The van der Waals surface area contributed by atoms with Crippen LogP contribution in [0.5, 0.6) is 11.5 Å². The largest absolute Gasteiger partial charge is 0.495 e. The first-order valence-corrected chi connectivity index (χ1v) is 10.3. The summed E-state index contributed by atoms with van der Waals surface area (Å²) in [4.78, 5) is 23.2. The molecular formula is C18H19N3O7S. The summed E-state index contributed by atoms with van der Waals surface area (Å²) in [7, 11) is -2.28. The second kappa shape index (κ2) is 7.95. The van der Waals surface area contributed by atoms with Gasteiger partial charge in [-0.05, 0) is 25.1 Å². The Hall–Kier alpha value is -3.34. The molecule has 29 heavy (non-hydrogen) atoms. The van der Waals surface area contributed by atoms with Crippen molar-refractivity contribution in [1.82, 2.24) is 0 Å². The van der Waals surface area contributed by atoms with Gasteiger partial charge >= 0.3 is 0 Å². The maximum atomic E-state index is 12.8. The lowest BCUT2D eigenvalue weighted by Gasteiger charge is -2.34. The molecule has 1 N–H and O–H groups in total. The van der Waals surface area contributed by atoms with Crippen molar-refractivity contribution in [1.29, 1.82) is 0 Å². The number of non-ortho nitro benzene ring substituents is 1. The van der Waals surface area contributed by atoms with E-state index in [1.165, 1.54) is 26.2 Å². The molecule has 0 fully saturated rings. The van der Waals surface area contributed by atoms with Crippen LogP contribution in [0, 0.1) is 10.1 Å². The number of amides is 1. The molecule has 3 rings (SSSR count). The van der Waals surface area contributed by atoms with E-state index in [9.17, 15) is 23.3 Å². The molecule has 154 valence electrons. The first-order chi connectivity index (χ1) is 13.8. The minimum absolute atomic E-state index is 0.0825. The van der Waals surface area contributed by atoms with Crippen molar-refractivity contribution in [2.24, 2.45) is 0 Å². The lowest BCUT2D eigenvalue weighted by atomic mass is 10.2. The van der Waals surface area contributed by atoms with Crippen LogP contribution >= 0.6 is 0 Å². The molecule has 1 amide bonds. The number of nitro benzene ring substituents is 1. The SMILES string of the molecule is CCS(=O)(=O)N1CC(C(=O)Nc2cc([N+](=O)[O-])ccc2OC)Oc2ccccc21. The molecule has 2 aromatic carbocycles. The average molecular weight is 421 g/mol. The van der Waals surface area contributed by atoms with E-state index >= 15 is 0 Å². The number of benzene rings is 2. The Balaban J connectivity index is 1.91. The third-order valence-electron chi connectivity index (χ3n) is 4.38. The van der Waals surface area contributed by atoms with Crippen molar-refractivity contribution >= 4 is 33.0 Å². The Labute approximate surface area is 167 Å². The van der Waals surface area contributed by atoms with Crippen molar-refractivity contribution in [2.75, 3.05) is 29.0 Å². The summed E-state index contributed by atoms with van der Waals surface area (Å²) in [6.45, 7) is 1.28. The van der Waals surface area contributed by atoms with Crippen LogP contribution in [0.15, 0.2) is 42.5 Å². The molecule has 10 nitrogen and oxygen atoms in total. The zero-order valence-corrected chi connectivity index (χ0v) is 16.5. The van der Waals surface area contributed by atoms with E-state index in [0.29, 0.717) is 5.69 Å². The normalized spacial score (nSPS) is 15.8. The van der Waals surface area contributed by atoms with Crippen LogP contribution in [-0.2, 0) is 14.8 Å². The van der Waals surface area contributed by atoms with Gasteiger partial charge in [-0.15, -0.1) is 0 Å². The molecule has 0 radical (unpaired) electrons. The molecular weight excluding hydrogens is 402 g/mol. The summed E-state index contributed by atoms with van der Waals surface area (Å²) in [6, 6.07) is 10.3. The maximum Gasteiger partial charge on any atom is 0.271 e. The van der Waals surface area contributed by atoms with Crippen molar-refractivity contribution < 1.29 is 27.6 Å². The number of anilines is 2. The number of fused-ring (bicyclic) bond motifs is 1. The summed E-state index contributed by atoms with van der Waals surface area (Å²) in [5.74, 6) is -0.330. The molecule has 2 aromatic rings. The Morgan fingerprint density at radius 3 is 2.72 bits per heavy atom. The Bertz CT molecular complexity index is 1060. The van der Waals surface area contributed by atoms with E-state index < -0.39 is 27.0 Å². The number of carbonyl (C=O) groups is 1. The van der Waals surface area contributed by atoms with Crippen LogP contribution in [-0.4, -0.2) is 44.8 Å². The number of methoxy groups -OCH3 is 1. The first kappa shape index (κ1) is 20.4. The predicted octanol–water partition coefficient (Wildman–Crippen LogP) is 2.16. The summed E-state index contributed by atoms with van der Waals surface area (Å²) in [6.07, 6.45) is -1.16. The van der Waals surface area contributed by atoms with Crippen molar-refractivity contribution in [3.05, 3.63) is 52.6 Å². The quantitative estimate of drug-likeness (QED) is 0.559. The summed E-state index contributed by atoms with van der Waals surface area (Å²) >= 11 is 0. The highest BCUT2D eigenvalue weighted by atomic mass is 32.2. The van der Waals surface area contributed by atoms with Gasteiger partial charge in [0.2, 0.25) is 10.0 Å². The molecule has 1 atom stereocenters. The Kier molecular flexibility index (Phi) is 5.59. The van der Waals surface area contributed by atoms with Gasteiger partial charge in [0, 0.05) is 12.1 Å². The number of carbonyl (C=O) groups excluding carboxylic acids is 1. The zero-order chi connectivity index (χ0) is 21.2. The van der Waals surface area contributed by atoms with Gasteiger partial charge in [-0.2, -0.15) is 0 Å². The summed E-state index contributed by atoms with van der Waals surface area (Å²) < 4.78 is 37.0. The average Bonchev–Trinajstić information content (AvgIpc) is 2.72. The molecule has 0 saturated heterocycles. The van der Waals surface area contributed by atoms with E-state index in [0.717, 1.165) is 10.4 Å². The smallest absolute Gasteiger partial charge is 0.271 e. The van der Waals surface area contributed by atoms with E-state index in [4.69, 9.17) is 9.47 Å². The van der Waals surface area contributed by atoms with Crippen LogP contribution in [0.3, 0.4) is 0 Å². The lowest BCUT2D eigenvalue weighted by Crippen LogP contribution is -2.49. The topological polar surface area (TPSA) is 128 Å². The number of nitro groups is 1. The standard InChI is InChI=1S/C18H19N3O7S/c1-3-29(25,26)20-11-17(28-16-7-5-4-6-14(16)20)18(22)19-13-10-12(21(23)24)8-9-15(13)27-2/h4-10,17H,3,11H2,1-2H3,(H,19,22). The van der Waals surface area contributed by atoms with Crippen LogP contribution in [0.1, 0.15) is 6.92 Å². The van der Waals surface area contributed by atoms with Crippen LogP contribution in [0.2, 0.25) is 0 Å². The molecule has 1 aliphatic heterocycles. The van der Waals surface area contributed by atoms with E-state index in [-0.39, 0.29) is 35.2 Å². The van der Waals surface area contributed by atoms with Gasteiger partial charge in [-0.1, -0.05) is 12.1 Å². The number of para-hydroxylation sites is 2. The highest BCUT2D eigenvalue weighted by Crippen LogP contribution is 2.36. The summed E-state index contributed by atoms with van der Waals surface area (Å²) in [5, 5.41) is 13.6. The fraction of sp³-hybridized carbons (Fsp3) is 0.278. The Morgan fingerprint density at radius 2 is 2.07 bits per heavy atom. The molecule has 0 spiro atoms. The molecule has 0 bridgehead atoms. The maximum absolute atomic E-state index is 12.8. The van der Waals surface area contributed by atoms with Gasteiger partial charge in [0.1, 0.15) is 11.5 Å². The number of ether oxygens (including phenoxy) is 2. The predicted molar refractivity (Wildman–Crippen MR) is 106 cm³/mol. The monoisotopic (exact) mass is 421 g/mol. The van der Waals surface area contributed by atoms with Crippen molar-refractivity contribution in [3.8, 4) is 11.5 Å². The fourth-order valence-electron chi connectivity index (χ4n) is 2.88. The van der Waals surface area contributed by atoms with E-state index in [1.54, 1.807) is 24.3 Å². The molecule has 11 heteroatoms. The number of nitrogens with zero attached hydrogens (tertiary/aromatic N) is 2. The van der Waals surface area contributed by atoms with E-state index in [2.05, 4.69) is 5.32 Å². The highest BCUT2D eigenvalue weighted by Gasteiger charge is 2.36. The van der Waals surface area contributed by atoms with E-state index in [1.807, 2.05) is 0 Å². The van der Waals surface area contributed by atoms with Gasteiger partial charge in [-0.25, -0.2) is 8.42 Å². The van der Waals surface area contributed by atoms with Crippen molar-refractivity contribution in [2.45, 2.75) is 13.0 Å². The number of rotatable bonds is 6. The summed E-state index contributed by atoms with van der Waals surface area (Å²) in [5.41, 5.74) is 0.205. The Morgan fingerprint density at radius 1 is 1.34 bits per heavy atom. The molecule has 0 aromatic heterocycles. The lowest BCUT2D eigenvalue weighted by molar-refractivity contribution is -0.384. The fourth-order valence-corrected chi connectivity index (χ4v) is 4.00. The van der Waals surface area contributed by atoms with Gasteiger partial charge < -0.3 is 14.8 Å². The minimum atomic E-state index is -3.65. The second-order valence-corrected chi connectivity index (χ2v) is 8.32. The number of hydrogen-bond acceptors (Lipinski definition) is 7. The van der Waals surface area contributed by atoms with Crippen LogP contribution in [0.4, 0.5) is 17.1 Å². The third-order valence-corrected chi connectivity index (χ3v) is 6.13. The second-order valence-electron chi connectivity index (χ2n) is 6.14. The number of sulfonamides is 1. The molecule has 0 saturated carbocycles. The van der Waals surface area contributed by atoms with Crippen molar-refractivity contribution in [3.63, 3.8) is 0 Å². The number of nitrogens with one attached hydrogen (secondary N) is 1. The minimum Gasteiger partial charge on any atom is -0.495 e. The molecule has 0 aliphatic carbocycles.